The minimum atomic E-state index is -3.39. The molecule has 0 unspecified atom stereocenters. The number of hydrogen-bond acceptors (Lipinski definition) is 7. The van der Waals surface area contributed by atoms with Crippen LogP contribution in [0.1, 0.15) is 50.0 Å². The van der Waals surface area contributed by atoms with Crippen molar-refractivity contribution in [1.82, 2.24) is 19.8 Å². The van der Waals surface area contributed by atoms with Crippen LogP contribution in [-0.2, 0) is 19.6 Å². The van der Waals surface area contributed by atoms with Gasteiger partial charge in [0.15, 0.2) is 6.61 Å². The summed E-state index contributed by atoms with van der Waals surface area (Å²) >= 11 is 0. The first-order valence-electron chi connectivity index (χ1n) is 10.2. The summed E-state index contributed by atoms with van der Waals surface area (Å²) in [5.74, 6) is 0.545. The Morgan fingerprint density at radius 2 is 2.00 bits per heavy atom. The van der Waals surface area contributed by atoms with Gasteiger partial charge in [0, 0.05) is 18.2 Å². The zero-order valence-corrected chi connectivity index (χ0v) is 17.4. The Morgan fingerprint density at radius 1 is 1.21 bits per heavy atom. The van der Waals surface area contributed by atoms with Crippen molar-refractivity contribution in [2.45, 2.75) is 62.6 Å². The van der Waals surface area contributed by atoms with E-state index in [-0.39, 0.29) is 30.7 Å². The molecule has 29 heavy (non-hydrogen) atoms. The van der Waals surface area contributed by atoms with Crippen molar-refractivity contribution in [1.29, 1.82) is 0 Å². The maximum atomic E-state index is 13.0. The van der Waals surface area contributed by atoms with E-state index in [1.807, 2.05) is 6.07 Å². The van der Waals surface area contributed by atoms with Gasteiger partial charge in [-0.05, 0) is 50.5 Å². The molecule has 1 saturated heterocycles. The summed E-state index contributed by atoms with van der Waals surface area (Å²) < 4.78 is 38.4. The summed E-state index contributed by atoms with van der Waals surface area (Å²) in [6.07, 6.45) is 8.06. The van der Waals surface area contributed by atoms with Gasteiger partial charge >= 0.3 is 0 Å². The molecular formula is C19H28N4O5S. The Balaban J connectivity index is 1.61. The van der Waals surface area contributed by atoms with Gasteiger partial charge in [-0.25, -0.2) is 13.1 Å². The van der Waals surface area contributed by atoms with E-state index in [0.717, 1.165) is 43.9 Å². The Morgan fingerprint density at radius 3 is 2.76 bits per heavy atom. The molecule has 2 fully saturated rings. The third-order valence-electron chi connectivity index (χ3n) is 6.13. The summed E-state index contributed by atoms with van der Waals surface area (Å²) in [5.41, 5.74) is 0.998. The van der Waals surface area contributed by atoms with Gasteiger partial charge in [-0.2, -0.15) is 5.10 Å². The number of nitrogens with zero attached hydrogens (tertiary/aromatic N) is 3. The SMILES string of the molecule is CS(=O)(=O)N[C@H]1CCCN2C(=O)COc3nnccc3[C@H]3CC[C@H](CC3)OC[C@@H]12. The number of aromatic nitrogens is 2. The third-order valence-corrected chi connectivity index (χ3v) is 6.86. The number of carbonyl (C=O) groups excluding carboxylic acids is 1. The first-order valence-corrected chi connectivity index (χ1v) is 12.1. The first-order chi connectivity index (χ1) is 13.9. The molecule has 10 heteroatoms. The molecule has 0 radical (unpaired) electrons. The fourth-order valence-corrected chi connectivity index (χ4v) is 5.55. The zero-order chi connectivity index (χ0) is 20.4. The van der Waals surface area contributed by atoms with Crippen molar-refractivity contribution in [2.24, 2.45) is 0 Å². The van der Waals surface area contributed by atoms with Gasteiger partial charge in [0.05, 0.1) is 31.2 Å². The molecule has 1 N–H and O–H groups in total. The summed E-state index contributed by atoms with van der Waals surface area (Å²) in [4.78, 5) is 14.7. The zero-order valence-electron chi connectivity index (χ0n) is 16.6. The van der Waals surface area contributed by atoms with Gasteiger partial charge in [-0.1, -0.05) is 0 Å². The highest BCUT2D eigenvalue weighted by Crippen LogP contribution is 2.37. The predicted molar refractivity (Wildman–Crippen MR) is 105 cm³/mol. The fourth-order valence-electron chi connectivity index (χ4n) is 4.72. The molecule has 1 aliphatic carbocycles. The van der Waals surface area contributed by atoms with Crippen LogP contribution in [0.5, 0.6) is 5.88 Å². The number of fused-ring (bicyclic) bond motifs is 5. The lowest BCUT2D eigenvalue weighted by atomic mass is 9.83. The molecular weight excluding hydrogens is 396 g/mol. The Hall–Kier alpha value is -1.78. The molecule has 2 bridgehead atoms. The van der Waals surface area contributed by atoms with Gasteiger partial charge in [0.1, 0.15) is 0 Å². The van der Waals surface area contributed by atoms with Crippen molar-refractivity contribution in [3.05, 3.63) is 17.8 Å². The van der Waals surface area contributed by atoms with Crippen LogP contribution < -0.4 is 9.46 Å². The molecule has 1 amide bonds. The van der Waals surface area contributed by atoms with Crippen LogP contribution in [0, 0.1) is 0 Å². The number of piperidine rings is 1. The number of carbonyl (C=O) groups is 1. The molecule has 2 atom stereocenters. The van der Waals surface area contributed by atoms with E-state index in [1.54, 1.807) is 11.1 Å². The molecule has 1 aromatic rings. The van der Waals surface area contributed by atoms with E-state index >= 15 is 0 Å². The van der Waals surface area contributed by atoms with E-state index in [1.165, 1.54) is 0 Å². The molecule has 3 aliphatic heterocycles. The molecule has 9 nitrogen and oxygen atoms in total. The standard InChI is InChI=1S/C19H28N4O5S/c1-29(25,26)22-16-3-2-10-23-17(16)11-27-14-6-4-13(5-7-14)15-8-9-20-21-19(15)28-12-18(23)24/h8-9,13-14,16-17,22H,2-7,10-12H2,1H3/t13-,14+,16-,17-/m0/s1. The van der Waals surface area contributed by atoms with Gasteiger partial charge in [-0.3, -0.25) is 4.79 Å². The van der Waals surface area contributed by atoms with Crippen molar-refractivity contribution in [3.8, 4) is 5.88 Å². The monoisotopic (exact) mass is 424 g/mol. The summed E-state index contributed by atoms with van der Waals surface area (Å²) in [6.45, 7) is 0.726. The molecule has 0 spiro atoms. The largest absolute Gasteiger partial charge is 0.466 e. The van der Waals surface area contributed by atoms with E-state index < -0.39 is 10.0 Å². The van der Waals surface area contributed by atoms with Gasteiger partial charge in [0.25, 0.3) is 5.91 Å². The number of hydrogen-bond donors (Lipinski definition) is 1. The summed E-state index contributed by atoms with van der Waals surface area (Å²) in [7, 11) is -3.39. The van der Waals surface area contributed by atoms with E-state index in [4.69, 9.17) is 9.47 Å². The third kappa shape index (κ3) is 4.87. The fraction of sp³-hybridized carbons (Fsp3) is 0.737. The Labute approximate surface area is 171 Å². The van der Waals surface area contributed by atoms with Crippen LogP contribution in [0.25, 0.3) is 0 Å². The van der Waals surface area contributed by atoms with Crippen LogP contribution in [0.4, 0.5) is 0 Å². The summed E-state index contributed by atoms with van der Waals surface area (Å²) in [6, 6.07) is 1.21. The lowest BCUT2D eigenvalue weighted by Gasteiger charge is -2.41. The molecule has 4 aliphatic rings. The minimum Gasteiger partial charge on any atom is -0.466 e. The number of amides is 1. The predicted octanol–water partition coefficient (Wildman–Crippen LogP) is 0.821. The highest BCUT2D eigenvalue weighted by molar-refractivity contribution is 7.88. The first kappa shape index (κ1) is 20.5. The number of sulfonamides is 1. The van der Waals surface area contributed by atoms with Crippen molar-refractivity contribution >= 4 is 15.9 Å². The maximum absolute atomic E-state index is 13.0. The Kier molecular flexibility index (Phi) is 6.03. The summed E-state index contributed by atoms with van der Waals surface area (Å²) in [5, 5.41) is 8.05. The van der Waals surface area contributed by atoms with Crippen LogP contribution >= 0.6 is 0 Å². The molecule has 4 heterocycles. The molecule has 5 rings (SSSR count). The van der Waals surface area contributed by atoms with Crippen LogP contribution in [0.15, 0.2) is 12.3 Å². The van der Waals surface area contributed by atoms with E-state index in [2.05, 4.69) is 14.9 Å². The average molecular weight is 425 g/mol. The second kappa shape index (κ2) is 8.53. The second-order valence-electron chi connectivity index (χ2n) is 8.18. The number of ether oxygens (including phenoxy) is 2. The number of nitrogens with one attached hydrogen (secondary N) is 1. The van der Waals surface area contributed by atoms with Crippen LogP contribution in [0.2, 0.25) is 0 Å². The smallest absolute Gasteiger partial charge is 0.260 e. The quantitative estimate of drug-likeness (QED) is 0.748. The van der Waals surface area contributed by atoms with Crippen LogP contribution in [0.3, 0.4) is 0 Å². The van der Waals surface area contributed by atoms with E-state index in [0.29, 0.717) is 31.4 Å². The lowest BCUT2D eigenvalue weighted by Crippen LogP contribution is -2.59. The van der Waals surface area contributed by atoms with Crippen molar-refractivity contribution in [3.63, 3.8) is 0 Å². The van der Waals surface area contributed by atoms with Gasteiger partial charge in [0.2, 0.25) is 15.9 Å². The molecule has 0 aromatic carbocycles. The number of rotatable bonds is 2. The average Bonchev–Trinajstić information content (AvgIpc) is 2.71. The van der Waals surface area contributed by atoms with Crippen LogP contribution in [-0.4, -0.2) is 73.6 Å². The van der Waals surface area contributed by atoms with Crippen molar-refractivity contribution < 1.29 is 22.7 Å². The topological polar surface area (TPSA) is 111 Å². The molecule has 1 saturated carbocycles. The van der Waals surface area contributed by atoms with Gasteiger partial charge in [-0.15, -0.1) is 5.10 Å². The highest BCUT2D eigenvalue weighted by atomic mass is 32.2. The second-order valence-corrected chi connectivity index (χ2v) is 9.96. The highest BCUT2D eigenvalue weighted by Gasteiger charge is 2.37. The molecule has 1 aromatic heterocycles. The lowest BCUT2D eigenvalue weighted by molar-refractivity contribution is -0.140. The van der Waals surface area contributed by atoms with Gasteiger partial charge < -0.3 is 14.4 Å². The molecule has 160 valence electrons. The van der Waals surface area contributed by atoms with Crippen molar-refractivity contribution in [2.75, 3.05) is 26.0 Å². The minimum absolute atomic E-state index is 0.115. The Bertz CT molecular complexity index is 841. The normalized spacial score (nSPS) is 30.9. The van der Waals surface area contributed by atoms with E-state index in [9.17, 15) is 13.2 Å². The maximum Gasteiger partial charge on any atom is 0.260 e.